The lowest BCUT2D eigenvalue weighted by molar-refractivity contribution is -0.0265. The second-order valence-corrected chi connectivity index (χ2v) is 7.85. The first-order valence-electron chi connectivity index (χ1n) is 10.9. The van der Waals surface area contributed by atoms with Crippen molar-refractivity contribution >= 4 is 35.9 Å². The molecule has 1 aromatic carbocycles. The molecule has 2 unspecified atom stereocenters. The van der Waals surface area contributed by atoms with Crippen LogP contribution in [0.1, 0.15) is 58.9 Å². The van der Waals surface area contributed by atoms with E-state index < -0.39 is 5.97 Å². The van der Waals surface area contributed by atoms with Crippen molar-refractivity contribution in [1.82, 2.24) is 10.6 Å². The van der Waals surface area contributed by atoms with E-state index in [4.69, 9.17) is 13.9 Å². The molecule has 32 heavy (non-hydrogen) atoms. The summed E-state index contributed by atoms with van der Waals surface area (Å²) in [6.45, 7) is 8.51. The number of guanidine groups is 1. The molecule has 2 N–H and O–H groups in total. The summed E-state index contributed by atoms with van der Waals surface area (Å²) >= 11 is 0. The van der Waals surface area contributed by atoms with E-state index in [0.29, 0.717) is 35.5 Å². The van der Waals surface area contributed by atoms with Gasteiger partial charge in [-0.25, -0.2) is 9.79 Å². The number of ether oxygens (including phenoxy) is 2. The molecule has 0 aliphatic carbocycles. The van der Waals surface area contributed by atoms with E-state index in [0.717, 1.165) is 32.5 Å². The molecule has 0 amide bonds. The molecule has 7 nitrogen and oxygen atoms in total. The number of esters is 1. The van der Waals surface area contributed by atoms with Gasteiger partial charge in [0.05, 0.1) is 13.2 Å². The van der Waals surface area contributed by atoms with Gasteiger partial charge in [-0.1, -0.05) is 29.8 Å². The minimum Gasteiger partial charge on any atom is -0.465 e. The van der Waals surface area contributed by atoms with Gasteiger partial charge in [-0.2, -0.15) is 0 Å². The van der Waals surface area contributed by atoms with E-state index in [1.807, 2.05) is 6.92 Å². The number of benzene rings is 1. The predicted octanol–water partition coefficient (Wildman–Crippen LogP) is 4.52. The third-order valence-corrected chi connectivity index (χ3v) is 5.49. The van der Waals surface area contributed by atoms with Crippen molar-refractivity contribution in [2.75, 3.05) is 26.8 Å². The summed E-state index contributed by atoms with van der Waals surface area (Å²) in [5.41, 5.74) is 2.91. The first-order chi connectivity index (χ1) is 15.0. The monoisotopic (exact) mass is 555 g/mol. The Labute approximate surface area is 207 Å². The van der Waals surface area contributed by atoms with Gasteiger partial charge in [-0.15, -0.1) is 24.0 Å². The molecule has 3 rings (SSSR count). The first-order valence-corrected chi connectivity index (χ1v) is 10.9. The minimum absolute atomic E-state index is 0. The van der Waals surface area contributed by atoms with Crippen molar-refractivity contribution in [1.29, 1.82) is 0 Å². The van der Waals surface area contributed by atoms with Gasteiger partial charge in [0.15, 0.2) is 5.96 Å². The van der Waals surface area contributed by atoms with Crippen molar-refractivity contribution in [3.8, 4) is 0 Å². The molecule has 0 spiro atoms. The smallest absolute Gasteiger partial charge is 0.341 e. The number of hydrogen-bond donors (Lipinski definition) is 2. The van der Waals surface area contributed by atoms with Crippen molar-refractivity contribution in [2.45, 2.75) is 46.3 Å². The highest BCUT2D eigenvalue weighted by Gasteiger charge is 2.27. The van der Waals surface area contributed by atoms with Gasteiger partial charge in [0.1, 0.15) is 23.6 Å². The maximum atomic E-state index is 11.8. The lowest BCUT2D eigenvalue weighted by Gasteiger charge is -2.32. The number of halogens is 1. The number of nitrogens with zero attached hydrogens (tertiary/aromatic N) is 1. The Morgan fingerprint density at radius 3 is 2.66 bits per heavy atom. The lowest BCUT2D eigenvalue weighted by Crippen LogP contribution is -2.42. The van der Waals surface area contributed by atoms with Gasteiger partial charge in [0.2, 0.25) is 0 Å². The van der Waals surface area contributed by atoms with Crippen LogP contribution >= 0.6 is 24.0 Å². The van der Waals surface area contributed by atoms with Gasteiger partial charge in [0.25, 0.3) is 0 Å². The predicted molar refractivity (Wildman–Crippen MR) is 136 cm³/mol. The van der Waals surface area contributed by atoms with Crippen LogP contribution in [0.3, 0.4) is 0 Å². The first kappa shape index (κ1) is 26.2. The minimum atomic E-state index is -0.402. The highest BCUT2D eigenvalue weighted by atomic mass is 127. The van der Waals surface area contributed by atoms with Crippen LogP contribution in [0.2, 0.25) is 0 Å². The third-order valence-electron chi connectivity index (χ3n) is 5.49. The van der Waals surface area contributed by atoms with Crippen LogP contribution in [-0.2, 0) is 16.0 Å². The Morgan fingerprint density at radius 2 is 1.97 bits per heavy atom. The summed E-state index contributed by atoms with van der Waals surface area (Å²) in [5, 5.41) is 6.73. The molecular formula is C24H34IN3O4. The molecule has 176 valence electrons. The maximum Gasteiger partial charge on any atom is 0.341 e. The normalized spacial score (nSPS) is 18.6. The van der Waals surface area contributed by atoms with Crippen LogP contribution in [0.25, 0.3) is 0 Å². The number of carbonyl (C=O) groups is 1. The summed E-state index contributed by atoms with van der Waals surface area (Å²) in [5.74, 6) is 1.83. The molecule has 0 saturated carbocycles. The molecule has 1 aliphatic rings. The SMILES string of the molecule is CCNC(=NCc1cc(C(=O)OC)c(C)o1)NCC1CCCOC1c1ccc(C)cc1.I. The molecule has 0 bridgehead atoms. The summed E-state index contributed by atoms with van der Waals surface area (Å²) in [6.07, 6.45) is 2.25. The van der Waals surface area contributed by atoms with Crippen LogP contribution in [0.15, 0.2) is 39.7 Å². The molecule has 2 heterocycles. The Balaban J connectivity index is 0.00000363. The highest BCUT2D eigenvalue weighted by Crippen LogP contribution is 2.33. The molecule has 1 aromatic heterocycles. The van der Waals surface area contributed by atoms with E-state index in [2.05, 4.69) is 46.8 Å². The Morgan fingerprint density at radius 1 is 1.22 bits per heavy atom. The number of methoxy groups -OCH3 is 1. The average molecular weight is 555 g/mol. The van der Waals surface area contributed by atoms with Crippen LogP contribution in [-0.4, -0.2) is 38.7 Å². The largest absolute Gasteiger partial charge is 0.465 e. The van der Waals surface area contributed by atoms with Crippen molar-refractivity contribution < 1.29 is 18.7 Å². The van der Waals surface area contributed by atoms with Gasteiger partial charge < -0.3 is 24.5 Å². The number of carbonyl (C=O) groups excluding carboxylic acids is 1. The zero-order chi connectivity index (χ0) is 22.2. The Kier molecular flexibility index (Phi) is 10.5. The van der Waals surface area contributed by atoms with Crippen LogP contribution in [0.4, 0.5) is 0 Å². The fourth-order valence-electron chi connectivity index (χ4n) is 3.84. The van der Waals surface area contributed by atoms with E-state index in [-0.39, 0.29) is 30.1 Å². The van der Waals surface area contributed by atoms with Crippen molar-refractivity contribution in [2.24, 2.45) is 10.9 Å². The maximum absolute atomic E-state index is 11.8. The number of aliphatic imine (C=N–C) groups is 1. The summed E-state index contributed by atoms with van der Waals surface area (Å²) in [7, 11) is 1.36. The van der Waals surface area contributed by atoms with Gasteiger partial charge in [0, 0.05) is 25.6 Å². The fourth-order valence-corrected chi connectivity index (χ4v) is 3.84. The van der Waals surface area contributed by atoms with E-state index >= 15 is 0 Å². The quantitative estimate of drug-likeness (QED) is 0.226. The zero-order valence-electron chi connectivity index (χ0n) is 19.3. The van der Waals surface area contributed by atoms with Crippen LogP contribution in [0, 0.1) is 19.8 Å². The standard InChI is InChI=1S/C24H33N3O4.HI/c1-5-25-24(27-15-20-13-21(17(3)31-20)23(28)29-4)26-14-19-7-6-12-30-22(19)18-10-8-16(2)9-11-18;/h8-11,13,19,22H,5-7,12,14-15H2,1-4H3,(H2,25,26,27);1H. The molecule has 0 radical (unpaired) electrons. The highest BCUT2D eigenvalue weighted by molar-refractivity contribution is 14.0. The average Bonchev–Trinajstić information content (AvgIpc) is 3.16. The number of furan rings is 1. The van der Waals surface area contributed by atoms with Crippen LogP contribution in [0.5, 0.6) is 0 Å². The number of rotatable bonds is 7. The second-order valence-electron chi connectivity index (χ2n) is 7.85. The third kappa shape index (κ3) is 6.96. The van der Waals surface area contributed by atoms with Gasteiger partial charge in [-0.3, -0.25) is 0 Å². The van der Waals surface area contributed by atoms with Crippen molar-refractivity contribution in [3.63, 3.8) is 0 Å². The summed E-state index contributed by atoms with van der Waals surface area (Å²) in [4.78, 5) is 16.4. The zero-order valence-corrected chi connectivity index (χ0v) is 21.6. The van der Waals surface area contributed by atoms with Gasteiger partial charge >= 0.3 is 5.97 Å². The molecule has 2 aromatic rings. The Hall–Kier alpha value is -2.07. The van der Waals surface area contributed by atoms with E-state index in [1.165, 1.54) is 18.2 Å². The van der Waals surface area contributed by atoms with Gasteiger partial charge in [-0.05, 0) is 45.2 Å². The number of aryl methyl sites for hydroxylation is 2. The Bertz CT molecular complexity index is 895. The number of hydrogen-bond acceptors (Lipinski definition) is 5. The molecule has 1 fully saturated rings. The van der Waals surface area contributed by atoms with E-state index in [1.54, 1.807) is 13.0 Å². The van der Waals surface area contributed by atoms with Crippen LogP contribution < -0.4 is 10.6 Å². The molecular weight excluding hydrogens is 521 g/mol. The van der Waals surface area contributed by atoms with Crippen molar-refractivity contribution in [3.05, 3.63) is 58.5 Å². The number of nitrogens with one attached hydrogen (secondary N) is 2. The summed E-state index contributed by atoms with van der Waals surface area (Å²) in [6, 6.07) is 10.3. The summed E-state index contributed by atoms with van der Waals surface area (Å²) < 4.78 is 16.6. The fraction of sp³-hybridized carbons (Fsp3) is 0.500. The molecule has 8 heteroatoms. The topological polar surface area (TPSA) is 85.1 Å². The molecule has 2 atom stereocenters. The van der Waals surface area contributed by atoms with E-state index in [9.17, 15) is 4.79 Å². The molecule has 1 aliphatic heterocycles. The molecule has 1 saturated heterocycles. The lowest BCUT2D eigenvalue weighted by atomic mass is 9.89. The second kappa shape index (κ2) is 12.8.